The molecule has 0 unspecified atom stereocenters. The molecule has 0 radical (unpaired) electrons. The molecule has 0 amide bonds. The molecular formula is C16H18N2O. The Hall–Kier alpha value is -2.03. The monoisotopic (exact) mass is 254 g/mol. The number of rotatable bonds is 2. The lowest BCUT2D eigenvalue weighted by atomic mass is 9.98. The zero-order chi connectivity index (χ0) is 13.2. The quantitative estimate of drug-likeness (QED) is 0.824. The van der Waals surface area contributed by atoms with Gasteiger partial charge in [0, 0.05) is 19.3 Å². The molecule has 0 fully saturated rings. The Morgan fingerprint density at radius 1 is 1.21 bits per heavy atom. The van der Waals surface area contributed by atoms with Crippen LogP contribution in [0.2, 0.25) is 0 Å². The molecule has 0 aliphatic carbocycles. The molecule has 0 spiro atoms. The Morgan fingerprint density at radius 3 is 2.89 bits per heavy atom. The van der Waals surface area contributed by atoms with E-state index < -0.39 is 0 Å². The van der Waals surface area contributed by atoms with Crippen LogP contribution in [-0.4, -0.2) is 18.6 Å². The van der Waals surface area contributed by atoms with E-state index in [0.717, 1.165) is 25.3 Å². The molecule has 2 heterocycles. The Bertz CT molecular complexity index is 595. The third-order valence-electron chi connectivity index (χ3n) is 3.78. The highest BCUT2D eigenvalue weighted by atomic mass is 16.5. The summed E-state index contributed by atoms with van der Waals surface area (Å²) in [6, 6.07) is 8.44. The molecule has 3 nitrogen and oxygen atoms in total. The fourth-order valence-electron chi connectivity index (χ4n) is 2.65. The largest absolute Gasteiger partial charge is 0.497 e. The van der Waals surface area contributed by atoms with E-state index in [0.29, 0.717) is 0 Å². The minimum absolute atomic E-state index is 0.930. The van der Waals surface area contributed by atoms with Gasteiger partial charge in [0.1, 0.15) is 5.75 Å². The lowest BCUT2D eigenvalue weighted by Crippen LogP contribution is -2.30. The van der Waals surface area contributed by atoms with Crippen LogP contribution < -0.4 is 9.64 Å². The van der Waals surface area contributed by atoms with Crippen LogP contribution in [0.3, 0.4) is 0 Å². The number of pyridine rings is 1. The van der Waals surface area contributed by atoms with Gasteiger partial charge >= 0.3 is 0 Å². The van der Waals surface area contributed by atoms with Crippen LogP contribution in [0.5, 0.6) is 5.75 Å². The molecule has 19 heavy (non-hydrogen) atoms. The highest BCUT2D eigenvalue weighted by molar-refractivity contribution is 5.53. The van der Waals surface area contributed by atoms with Crippen LogP contribution in [0.1, 0.15) is 16.7 Å². The fourth-order valence-corrected chi connectivity index (χ4v) is 2.65. The molecular weight excluding hydrogens is 236 g/mol. The molecule has 0 saturated carbocycles. The maximum absolute atomic E-state index is 5.31. The zero-order valence-corrected chi connectivity index (χ0v) is 11.4. The van der Waals surface area contributed by atoms with Gasteiger partial charge in [0.2, 0.25) is 0 Å². The van der Waals surface area contributed by atoms with E-state index >= 15 is 0 Å². The van der Waals surface area contributed by atoms with Crippen molar-refractivity contribution in [2.24, 2.45) is 0 Å². The van der Waals surface area contributed by atoms with Crippen molar-refractivity contribution in [1.29, 1.82) is 0 Å². The summed E-state index contributed by atoms with van der Waals surface area (Å²) < 4.78 is 5.31. The van der Waals surface area contributed by atoms with Gasteiger partial charge < -0.3 is 9.64 Å². The van der Waals surface area contributed by atoms with Crippen LogP contribution in [0.15, 0.2) is 36.7 Å². The first-order valence-corrected chi connectivity index (χ1v) is 6.59. The van der Waals surface area contributed by atoms with Gasteiger partial charge in [-0.05, 0) is 48.2 Å². The first-order chi connectivity index (χ1) is 9.28. The molecule has 3 heteroatoms. The number of anilines is 1. The number of benzene rings is 1. The summed E-state index contributed by atoms with van der Waals surface area (Å²) in [5.74, 6) is 0.934. The maximum Gasteiger partial charge on any atom is 0.119 e. The second-order valence-corrected chi connectivity index (χ2v) is 4.97. The van der Waals surface area contributed by atoms with Crippen molar-refractivity contribution in [3.63, 3.8) is 0 Å². The van der Waals surface area contributed by atoms with E-state index in [-0.39, 0.29) is 0 Å². The van der Waals surface area contributed by atoms with Crippen molar-refractivity contribution in [2.75, 3.05) is 18.6 Å². The number of nitrogens with zero attached hydrogens (tertiary/aromatic N) is 2. The van der Waals surface area contributed by atoms with E-state index in [2.05, 4.69) is 35.0 Å². The Balaban J connectivity index is 1.91. The van der Waals surface area contributed by atoms with E-state index in [1.54, 1.807) is 7.11 Å². The summed E-state index contributed by atoms with van der Waals surface area (Å²) in [4.78, 5) is 6.64. The maximum atomic E-state index is 5.31. The predicted molar refractivity (Wildman–Crippen MR) is 76.7 cm³/mol. The minimum atomic E-state index is 0.930. The Morgan fingerprint density at radius 2 is 2.11 bits per heavy atom. The predicted octanol–water partition coefficient (Wildman–Crippen LogP) is 2.96. The second kappa shape index (κ2) is 4.92. The molecule has 3 rings (SSSR count). The van der Waals surface area contributed by atoms with E-state index in [4.69, 9.17) is 4.74 Å². The normalized spacial score (nSPS) is 14.1. The molecule has 1 aromatic carbocycles. The van der Waals surface area contributed by atoms with Crippen molar-refractivity contribution < 1.29 is 4.74 Å². The number of fused-ring (bicyclic) bond motifs is 1. The van der Waals surface area contributed by atoms with Crippen LogP contribution in [0.4, 0.5) is 5.69 Å². The van der Waals surface area contributed by atoms with E-state index in [1.165, 1.54) is 22.4 Å². The number of ether oxygens (including phenoxy) is 1. The first kappa shape index (κ1) is 12.0. The Labute approximate surface area is 113 Å². The minimum Gasteiger partial charge on any atom is -0.497 e. The van der Waals surface area contributed by atoms with E-state index in [1.807, 2.05) is 18.5 Å². The van der Waals surface area contributed by atoms with Gasteiger partial charge in [0.25, 0.3) is 0 Å². The number of aromatic nitrogens is 1. The topological polar surface area (TPSA) is 25.4 Å². The molecule has 2 aromatic rings. The van der Waals surface area contributed by atoms with Gasteiger partial charge in [0.05, 0.1) is 19.0 Å². The SMILES string of the molecule is COc1ccc2c(c1)CN(c1cnccc1C)CC2. The molecule has 1 aromatic heterocycles. The van der Waals surface area contributed by atoms with Gasteiger partial charge in [-0.25, -0.2) is 0 Å². The van der Waals surface area contributed by atoms with Crippen LogP contribution in [0, 0.1) is 6.92 Å². The lowest BCUT2D eigenvalue weighted by Gasteiger charge is -2.31. The summed E-state index contributed by atoms with van der Waals surface area (Å²) in [5, 5.41) is 0. The molecule has 0 saturated heterocycles. The van der Waals surface area contributed by atoms with Crippen molar-refractivity contribution in [2.45, 2.75) is 19.9 Å². The molecule has 1 aliphatic heterocycles. The van der Waals surface area contributed by atoms with Gasteiger partial charge in [-0.3, -0.25) is 4.98 Å². The number of hydrogen-bond acceptors (Lipinski definition) is 3. The highest BCUT2D eigenvalue weighted by Crippen LogP contribution is 2.28. The molecule has 0 N–H and O–H groups in total. The lowest BCUT2D eigenvalue weighted by molar-refractivity contribution is 0.413. The molecule has 1 aliphatic rings. The van der Waals surface area contributed by atoms with Crippen molar-refractivity contribution >= 4 is 5.69 Å². The van der Waals surface area contributed by atoms with Gasteiger partial charge in [0.15, 0.2) is 0 Å². The standard InChI is InChI=1S/C16H18N2O/c1-12-5-7-17-10-16(12)18-8-6-13-3-4-15(19-2)9-14(13)11-18/h3-5,7,9-10H,6,8,11H2,1-2H3. The smallest absolute Gasteiger partial charge is 0.119 e. The number of aryl methyl sites for hydroxylation is 1. The number of methoxy groups -OCH3 is 1. The van der Waals surface area contributed by atoms with E-state index in [9.17, 15) is 0 Å². The van der Waals surface area contributed by atoms with Gasteiger partial charge in [-0.15, -0.1) is 0 Å². The molecule has 0 bridgehead atoms. The van der Waals surface area contributed by atoms with Crippen LogP contribution >= 0.6 is 0 Å². The van der Waals surface area contributed by atoms with Crippen LogP contribution in [-0.2, 0) is 13.0 Å². The summed E-state index contributed by atoms with van der Waals surface area (Å²) in [7, 11) is 1.72. The van der Waals surface area contributed by atoms with Crippen molar-refractivity contribution in [3.8, 4) is 5.75 Å². The zero-order valence-electron chi connectivity index (χ0n) is 11.4. The summed E-state index contributed by atoms with van der Waals surface area (Å²) >= 11 is 0. The fraction of sp³-hybridized carbons (Fsp3) is 0.312. The van der Waals surface area contributed by atoms with Gasteiger partial charge in [-0.1, -0.05) is 6.07 Å². The third-order valence-corrected chi connectivity index (χ3v) is 3.78. The molecule has 0 atom stereocenters. The first-order valence-electron chi connectivity index (χ1n) is 6.59. The third kappa shape index (κ3) is 2.28. The van der Waals surface area contributed by atoms with Gasteiger partial charge in [-0.2, -0.15) is 0 Å². The average Bonchev–Trinajstić information content (AvgIpc) is 2.46. The van der Waals surface area contributed by atoms with Crippen LogP contribution in [0.25, 0.3) is 0 Å². The Kier molecular flexibility index (Phi) is 3.11. The second-order valence-electron chi connectivity index (χ2n) is 4.97. The average molecular weight is 254 g/mol. The summed E-state index contributed by atoms with van der Waals surface area (Å²) in [5.41, 5.74) is 5.30. The summed E-state index contributed by atoms with van der Waals surface area (Å²) in [6.07, 6.45) is 4.88. The molecule has 98 valence electrons. The summed E-state index contributed by atoms with van der Waals surface area (Å²) in [6.45, 7) is 4.11. The number of hydrogen-bond donors (Lipinski definition) is 0. The highest BCUT2D eigenvalue weighted by Gasteiger charge is 2.18. The van der Waals surface area contributed by atoms with Crippen molar-refractivity contribution in [3.05, 3.63) is 53.3 Å². The van der Waals surface area contributed by atoms with Crippen molar-refractivity contribution in [1.82, 2.24) is 4.98 Å².